The Balaban J connectivity index is 2.08. The molecule has 0 aliphatic rings. The van der Waals surface area contributed by atoms with Crippen LogP contribution in [0.3, 0.4) is 0 Å². The van der Waals surface area contributed by atoms with Gasteiger partial charge in [0.25, 0.3) is 5.91 Å². The monoisotopic (exact) mass is 364 g/mol. The van der Waals surface area contributed by atoms with Gasteiger partial charge in [-0.1, -0.05) is 44.2 Å². The molecular weight excluding hydrogens is 336 g/mol. The molecule has 0 spiro atoms. The van der Waals surface area contributed by atoms with E-state index < -0.39 is 0 Å². The van der Waals surface area contributed by atoms with Crippen LogP contribution in [0, 0.1) is 0 Å². The van der Waals surface area contributed by atoms with E-state index in [1.54, 1.807) is 11.1 Å². The maximum Gasteiger partial charge on any atom is 0.254 e. The Morgan fingerprint density at radius 2 is 1.74 bits per heavy atom. The number of pyridine rings is 1. The Morgan fingerprint density at radius 3 is 2.33 bits per heavy atom. The first-order chi connectivity index (χ1) is 12.8. The van der Waals surface area contributed by atoms with Gasteiger partial charge < -0.3 is 4.90 Å². The second kappa shape index (κ2) is 7.51. The minimum Gasteiger partial charge on any atom is -0.335 e. The van der Waals surface area contributed by atoms with Gasteiger partial charge in [-0.2, -0.15) is 5.10 Å². The number of nitrogens with zero attached hydrogens (tertiary/aromatic N) is 4. The third-order valence-corrected chi connectivity index (χ3v) is 5.08. The quantitative estimate of drug-likeness (QED) is 0.642. The van der Waals surface area contributed by atoms with Gasteiger partial charge in [-0.25, -0.2) is 9.67 Å². The average molecular weight is 364 g/mol. The highest BCUT2D eigenvalue weighted by molar-refractivity contribution is 6.05. The van der Waals surface area contributed by atoms with E-state index in [0.29, 0.717) is 5.56 Å². The van der Waals surface area contributed by atoms with E-state index in [2.05, 4.69) is 32.8 Å². The summed E-state index contributed by atoms with van der Waals surface area (Å²) in [6.07, 6.45) is 1.76. The third kappa shape index (κ3) is 3.59. The zero-order valence-electron chi connectivity index (χ0n) is 17.0. The summed E-state index contributed by atoms with van der Waals surface area (Å²) in [6.45, 7) is 10.4. The maximum atomic E-state index is 13.4. The summed E-state index contributed by atoms with van der Waals surface area (Å²) in [4.78, 5) is 20.0. The predicted molar refractivity (Wildman–Crippen MR) is 109 cm³/mol. The number of hydrogen-bond donors (Lipinski definition) is 0. The molecule has 142 valence electrons. The number of benzene rings is 1. The van der Waals surface area contributed by atoms with Crippen LogP contribution < -0.4 is 0 Å². The lowest BCUT2D eigenvalue weighted by Gasteiger charge is -2.26. The predicted octanol–water partition coefficient (Wildman–Crippen LogP) is 4.97. The minimum atomic E-state index is -0.0236. The number of fused-ring (bicyclic) bond motifs is 1. The van der Waals surface area contributed by atoms with Crippen LogP contribution in [0.25, 0.3) is 11.0 Å². The van der Waals surface area contributed by atoms with Crippen LogP contribution in [0.2, 0.25) is 0 Å². The fourth-order valence-electron chi connectivity index (χ4n) is 3.21. The maximum absolute atomic E-state index is 13.4. The van der Waals surface area contributed by atoms with Gasteiger partial charge in [-0.15, -0.1) is 0 Å². The molecule has 0 N–H and O–H groups in total. The highest BCUT2D eigenvalue weighted by Crippen LogP contribution is 2.27. The summed E-state index contributed by atoms with van der Waals surface area (Å²) >= 11 is 0. The summed E-state index contributed by atoms with van der Waals surface area (Å²) in [6, 6.07) is 12.2. The molecule has 5 nitrogen and oxygen atoms in total. The molecule has 1 atom stereocenters. The number of carbonyl (C=O) groups is 1. The summed E-state index contributed by atoms with van der Waals surface area (Å²) < 4.78 is 1.89. The molecule has 2 aromatic heterocycles. The van der Waals surface area contributed by atoms with Gasteiger partial charge in [0.2, 0.25) is 0 Å². The smallest absolute Gasteiger partial charge is 0.254 e. The van der Waals surface area contributed by atoms with Gasteiger partial charge in [0, 0.05) is 18.8 Å². The summed E-state index contributed by atoms with van der Waals surface area (Å²) in [5, 5.41) is 5.29. The number of aromatic nitrogens is 3. The fraction of sp³-hybridized carbons (Fsp3) is 0.409. The zero-order chi connectivity index (χ0) is 19.7. The van der Waals surface area contributed by atoms with Crippen LogP contribution >= 0.6 is 0 Å². The molecule has 0 saturated heterocycles. The Morgan fingerprint density at radius 1 is 1.07 bits per heavy atom. The number of carbonyl (C=O) groups excluding carboxylic acids is 1. The molecule has 0 aliphatic carbocycles. The molecular formula is C22H28N4O. The van der Waals surface area contributed by atoms with Gasteiger partial charge in [-0.05, 0) is 38.3 Å². The average Bonchev–Trinajstić information content (AvgIpc) is 3.10. The lowest BCUT2D eigenvalue weighted by atomic mass is 10.0. The van der Waals surface area contributed by atoms with E-state index in [9.17, 15) is 4.79 Å². The molecule has 2 heterocycles. The first kappa shape index (κ1) is 19.1. The molecule has 0 fully saturated rings. The van der Waals surface area contributed by atoms with Gasteiger partial charge in [0.1, 0.15) is 0 Å². The molecule has 5 heteroatoms. The Kier molecular flexibility index (Phi) is 5.31. The van der Waals surface area contributed by atoms with Crippen molar-refractivity contribution in [2.45, 2.75) is 52.6 Å². The van der Waals surface area contributed by atoms with Crippen LogP contribution in [0.1, 0.15) is 74.2 Å². The van der Waals surface area contributed by atoms with E-state index in [1.807, 2.05) is 55.1 Å². The molecule has 1 aromatic carbocycles. The van der Waals surface area contributed by atoms with Crippen molar-refractivity contribution in [1.29, 1.82) is 0 Å². The lowest BCUT2D eigenvalue weighted by molar-refractivity contribution is 0.0744. The van der Waals surface area contributed by atoms with Crippen LogP contribution in [-0.4, -0.2) is 32.6 Å². The molecule has 0 saturated carbocycles. The summed E-state index contributed by atoms with van der Waals surface area (Å²) in [5.74, 6) is 0.220. The third-order valence-electron chi connectivity index (χ3n) is 5.08. The van der Waals surface area contributed by atoms with Crippen molar-refractivity contribution in [2.24, 2.45) is 0 Å². The Labute approximate surface area is 161 Å². The van der Waals surface area contributed by atoms with Crippen molar-refractivity contribution in [1.82, 2.24) is 19.7 Å². The largest absolute Gasteiger partial charge is 0.335 e. The van der Waals surface area contributed by atoms with E-state index in [1.165, 1.54) is 0 Å². The lowest BCUT2D eigenvalue weighted by Crippen LogP contribution is -2.30. The van der Waals surface area contributed by atoms with E-state index in [0.717, 1.165) is 22.3 Å². The minimum absolute atomic E-state index is 0.0102. The van der Waals surface area contributed by atoms with Crippen molar-refractivity contribution in [3.8, 4) is 0 Å². The van der Waals surface area contributed by atoms with Crippen molar-refractivity contribution in [3.63, 3.8) is 0 Å². The SMILES string of the molecule is CC(C)c1cc(C(=O)N(C)C(C)c2ccccc2)c2cnn(C(C)C)c2n1. The Hall–Kier alpha value is -2.69. The van der Waals surface area contributed by atoms with Crippen LogP contribution in [0.15, 0.2) is 42.6 Å². The number of rotatable bonds is 5. The fourth-order valence-corrected chi connectivity index (χ4v) is 3.21. The van der Waals surface area contributed by atoms with Gasteiger partial charge in [-0.3, -0.25) is 4.79 Å². The van der Waals surface area contributed by atoms with Crippen molar-refractivity contribution < 1.29 is 4.79 Å². The second-order valence-corrected chi connectivity index (χ2v) is 7.67. The first-order valence-electron chi connectivity index (χ1n) is 9.51. The molecule has 3 aromatic rings. The second-order valence-electron chi connectivity index (χ2n) is 7.67. The highest BCUT2D eigenvalue weighted by Gasteiger charge is 2.24. The highest BCUT2D eigenvalue weighted by atomic mass is 16.2. The molecule has 1 amide bonds. The van der Waals surface area contributed by atoms with E-state index in [4.69, 9.17) is 4.98 Å². The normalized spacial score (nSPS) is 12.7. The Bertz CT molecular complexity index is 944. The number of hydrogen-bond acceptors (Lipinski definition) is 3. The van der Waals surface area contributed by atoms with Gasteiger partial charge in [0.15, 0.2) is 5.65 Å². The molecule has 3 rings (SSSR count). The standard InChI is InChI=1S/C22H28N4O/c1-14(2)20-12-18(19-13-23-26(15(3)4)21(19)24-20)22(27)25(6)16(5)17-10-8-7-9-11-17/h7-16H,1-6H3. The van der Waals surface area contributed by atoms with E-state index >= 15 is 0 Å². The molecule has 1 unspecified atom stereocenters. The van der Waals surface area contributed by atoms with Crippen molar-refractivity contribution >= 4 is 16.9 Å². The topological polar surface area (TPSA) is 51.0 Å². The van der Waals surface area contributed by atoms with Crippen molar-refractivity contribution in [3.05, 3.63) is 59.4 Å². The molecule has 0 radical (unpaired) electrons. The van der Waals surface area contributed by atoms with Crippen LogP contribution in [0.5, 0.6) is 0 Å². The van der Waals surface area contributed by atoms with Gasteiger partial charge in [0.05, 0.1) is 23.2 Å². The zero-order valence-corrected chi connectivity index (χ0v) is 17.0. The number of amides is 1. The molecule has 0 aliphatic heterocycles. The summed E-state index contributed by atoms with van der Waals surface area (Å²) in [5.41, 5.74) is 3.47. The van der Waals surface area contributed by atoms with Crippen molar-refractivity contribution in [2.75, 3.05) is 7.05 Å². The van der Waals surface area contributed by atoms with E-state index in [-0.39, 0.29) is 23.9 Å². The summed E-state index contributed by atoms with van der Waals surface area (Å²) in [7, 11) is 1.86. The first-order valence-corrected chi connectivity index (χ1v) is 9.51. The molecule has 27 heavy (non-hydrogen) atoms. The van der Waals surface area contributed by atoms with Crippen LogP contribution in [0.4, 0.5) is 0 Å². The molecule has 0 bridgehead atoms. The van der Waals surface area contributed by atoms with Crippen LogP contribution in [-0.2, 0) is 0 Å². The van der Waals surface area contributed by atoms with Gasteiger partial charge >= 0.3 is 0 Å².